The summed E-state index contributed by atoms with van der Waals surface area (Å²) in [5.41, 5.74) is 4.69. The number of carboxylic acids is 1. The van der Waals surface area contributed by atoms with Gasteiger partial charge in [0.1, 0.15) is 0 Å². The molecule has 104 valence electrons. The SMILES string of the molecule is CC(C)(N)CCC(=O)N1CCCC(C)(C(=O)O)C1. The van der Waals surface area contributed by atoms with Gasteiger partial charge in [-0.15, -0.1) is 0 Å². The third-order valence-corrected chi connectivity index (χ3v) is 3.55. The van der Waals surface area contributed by atoms with Gasteiger partial charge in [0.15, 0.2) is 0 Å². The van der Waals surface area contributed by atoms with Gasteiger partial charge in [0.05, 0.1) is 5.41 Å². The van der Waals surface area contributed by atoms with E-state index in [1.54, 1.807) is 11.8 Å². The third kappa shape index (κ3) is 3.98. The number of hydrogen-bond donors (Lipinski definition) is 2. The highest BCUT2D eigenvalue weighted by Gasteiger charge is 2.39. The molecule has 0 radical (unpaired) electrons. The molecule has 18 heavy (non-hydrogen) atoms. The van der Waals surface area contributed by atoms with Crippen LogP contribution >= 0.6 is 0 Å². The number of hydrogen-bond acceptors (Lipinski definition) is 3. The number of rotatable bonds is 4. The van der Waals surface area contributed by atoms with E-state index in [0.29, 0.717) is 32.4 Å². The van der Waals surface area contributed by atoms with Gasteiger partial charge in [-0.3, -0.25) is 9.59 Å². The average Bonchev–Trinajstić information content (AvgIpc) is 2.24. The Morgan fingerprint density at radius 1 is 1.44 bits per heavy atom. The molecular formula is C13H24N2O3. The Hall–Kier alpha value is -1.10. The van der Waals surface area contributed by atoms with E-state index in [0.717, 1.165) is 6.42 Å². The lowest BCUT2D eigenvalue weighted by Crippen LogP contribution is -2.48. The molecule has 1 fully saturated rings. The number of piperidine rings is 1. The zero-order valence-corrected chi connectivity index (χ0v) is 11.5. The molecule has 1 amide bonds. The molecule has 1 atom stereocenters. The zero-order valence-electron chi connectivity index (χ0n) is 11.5. The number of likely N-dealkylation sites (tertiary alicyclic amines) is 1. The van der Waals surface area contributed by atoms with Gasteiger partial charge in [-0.25, -0.2) is 0 Å². The van der Waals surface area contributed by atoms with Crippen molar-refractivity contribution in [1.82, 2.24) is 4.90 Å². The fourth-order valence-corrected chi connectivity index (χ4v) is 2.21. The minimum atomic E-state index is -0.820. The summed E-state index contributed by atoms with van der Waals surface area (Å²) in [7, 11) is 0. The molecule has 1 rings (SSSR count). The van der Waals surface area contributed by atoms with Crippen LogP contribution in [0.15, 0.2) is 0 Å². The Balaban J connectivity index is 2.56. The van der Waals surface area contributed by atoms with Crippen molar-refractivity contribution in [2.75, 3.05) is 13.1 Å². The number of nitrogens with two attached hydrogens (primary N) is 1. The summed E-state index contributed by atoms with van der Waals surface area (Å²) in [5.74, 6) is -0.806. The maximum atomic E-state index is 12.0. The van der Waals surface area contributed by atoms with Crippen molar-refractivity contribution in [2.45, 2.75) is 52.0 Å². The van der Waals surface area contributed by atoms with Crippen LogP contribution in [0, 0.1) is 5.41 Å². The van der Waals surface area contributed by atoms with Crippen molar-refractivity contribution in [3.05, 3.63) is 0 Å². The molecule has 0 aromatic rings. The van der Waals surface area contributed by atoms with E-state index >= 15 is 0 Å². The molecule has 1 unspecified atom stereocenters. The van der Waals surface area contributed by atoms with E-state index in [9.17, 15) is 14.7 Å². The van der Waals surface area contributed by atoms with Crippen LogP contribution in [0.3, 0.4) is 0 Å². The number of carbonyl (C=O) groups excluding carboxylic acids is 1. The first kappa shape index (κ1) is 15.0. The number of carbonyl (C=O) groups is 2. The minimum Gasteiger partial charge on any atom is -0.481 e. The molecule has 0 aliphatic carbocycles. The monoisotopic (exact) mass is 256 g/mol. The molecular weight excluding hydrogens is 232 g/mol. The quantitative estimate of drug-likeness (QED) is 0.792. The number of nitrogens with zero attached hydrogens (tertiary/aromatic N) is 1. The van der Waals surface area contributed by atoms with E-state index in [2.05, 4.69) is 0 Å². The molecule has 1 heterocycles. The Kier molecular flexibility index (Phi) is 4.37. The molecule has 1 saturated heterocycles. The minimum absolute atomic E-state index is 0.0145. The van der Waals surface area contributed by atoms with Crippen molar-refractivity contribution in [1.29, 1.82) is 0 Å². The summed E-state index contributed by atoms with van der Waals surface area (Å²) in [6.07, 6.45) is 2.39. The Morgan fingerprint density at radius 3 is 2.56 bits per heavy atom. The summed E-state index contributed by atoms with van der Waals surface area (Å²) in [4.78, 5) is 24.9. The van der Waals surface area contributed by atoms with Gasteiger partial charge in [-0.1, -0.05) is 0 Å². The molecule has 0 aromatic heterocycles. The second kappa shape index (κ2) is 5.26. The number of carboxylic acid groups (broad SMARTS) is 1. The van der Waals surface area contributed by atoms with Crippen LogP contribution in [0.5, 0.6) is 0 Å². The van der Waals surface area contributed by atoms with Crippen LogP contribution in [0.2, 0.25) is 0 Å². The molecule has 0 aromatic carbocycles. The predicted molar refractivity (Wildman–Crippen MR) is 69.1 cm³/mol. The van der Waals surface area contributed by atoms with Crippen molar-refractivity contribution in [2.24, 2.45) is 11.1 Å². The maximum Gasteiger partial charge on any atom is 0.311 e. The van der Waals surface area contributed by atoms with Crippen LogP contribution in [0.1, 0.15) is 46.5 Å². The molecule has 0 saturated carbocycles. The molecule has 3 N–H and O–H groups in total. The van der Waals surface area contributed by atoms with Crippen molar-refractivity contribution < 1.29 is 14.7 Å². The van der Waals surface area contributed by atoms with Crippen molar-refractivity contribution >= 4 is 11.9 Å². The topological polar surface area (TPSA) is 83.6 Å². The second-order valence-electron chi connectivity index (χ2n) is 6.27. The van der Waals surface area contributed by atoms with Gasteiger partial charge in [0.2, 0.25) is 5.91 Å². The zero-order chi connectivity index (χ0) is 14.0. The Morgan fingerprint density at radius 2 is 2.06 bits per heavy atom. The van der Waals surface area contributed by atoms with Gasteiger partial charge < -0.3 is 15.7 Å². The van der Waals surface area contributed by atoms with Gasteiger partial charge in [0, 0.05) is 25.0 Å². The van der Waals surface area contributed by atoms with E-state index in [1.807, 2.05) is 13.8 Å². The average molecular weight is 256 g/mol. The van der Waals surface area contributed by atoms with Gasteiger partial charge in [-0.2, -0.15) is 0 Å². The molecule has 0 bridgehead atoms. The summed E-state index contributed by atoms with van der Waals surface area (Å²) < 4.78 is 0. The lowest BCUT2D eigenvalue weighted by molar-refractivity contribution is -0.153. The fraction of sp³-hybridized carbons (Fsp3) is 0.846. The highest BCUT2D eigenvalue weighted by molar-refractivity contribution is 5.79. The molecule has 1 aliphatic heterocycles. The van der Waals surface area contributed by atoms with Crippen LogP contribution in [0.4, 0.5) is 0 Å². The summed E-state index contributed by atoms with van der Waals surface area (Å²) in [5, 5.41) is 9.20. The first-order valence-corrected chi connectivity index (χ1v) is 6.44. The Labute approximate surface area is 108 Å². The van der Waals surface area contributed by atoms with E-state index in [1.165, 1.54) is 0 Å². The van der Waals surface area contributed by atoms with Crippen LogP contribution in [-0.2, 0) is 9.59 Å². The smallest absolute Gasteiger partial charge is 0.311 e. The lowest BCUT2D eigenvalue weighted by Gasteiger charge is -2.37. The Bertz CT molecular complexity index is 336. The largest absolute Gasteiger partial charge is 0.481 e. The number of amides is 1. The lowest BCUT2D eigenvalue weighted by atomic mass is 9.82. The molecule has 0 spiro atoms. The van der Waals surface area contributed by atoms with E-state index in [-0.39, 0.29) is 11.4 Å². The van der Waals surface area contributed by atoms with Gasteiger partial charge in [0.25, 0.3) is 0 Å². The van der Waals surface area contributed by atoms with Crippen LogP contribution in [-0.4, -0.2) is 40.5 Å². The normalized spacial score (nSPS) is 25.0. The van der Waals surface area contributed by atoms with Crippen molar-refractivity contribution in [3.8, 4) is 0 Å². The molecule has 1 aliphatic rings. The summed E-state index contributed by atoms with van der Waals surface area (Å²) in [6, 6.07) is 0. The first-order valence-electron chi connectivity index (χ1n) is 6.44. The molecule has 5 heteroatoms. The summed E-state index contributed by atoms with van der Waals surface area (Å²) >= 11 is 0. The van der Waals surface area contributed by atoms with Crippen molar-refractivity contribution in [3.63, 3.8) is 0 Å². The van der Waals surface area contributed by atoms with E-state index < -0.39 is 11.4 Å². The molecule has 5 nitrogen and oxygen atoms in total. The predicted octanol–water partition coefficient (Wildman–Crippen LogP) is 1.22. The van der Waals surface area contributed by atoms with Gasteiger partial charge >= 0.3 is 5.97 Å². The first-order chi connectivity index (χ1) is 8.14. The van der Waals surface area contributed by atoms with E-state index in [4.69, 9.17) is 5.73 Å². The highest BCUT2D eigenvalue weighted by Crippen LogP contribution is 2.30. The standard InChI is InChI=1S/C13H24N2O3/c1-12(2,14)7-5-10(16)15-8-4-6-13(3,9-15)11(17)18/h4-9,14H2,1-3H3,(H,17,18). The van der Waals surface area contributed by atoms with Crippen LogP contribution < -0.4 is 5.73 Å². The maximum absolute atomic E-state index is 12.0. The van der Waals surface area contributed by atoms with Gasteiger partial charge in [-0.05, 0) is 40.0 Å². The fourth-order valence-electron chi connectivity index (χ4n) is 2.21. The highest BCUT2D eigenvalue weighted by atomic mass is 16.4. The third-order valence-electron chi connectivity index (χ3n) is 3.55. The van der Waals surface area contributed by atoms with Crippen LogP contribution in [0.25, 0.3) is 0 Å². The number of aliphatic carboxylic acids is 1. The summed E-state index contributed by atoms with van der Waals surface area (Å²) in [6.45, 7) is 6.45. The second-order valence-corrected chi connectivity index (χ2v) is 6.27.